The normalized spacial score (nSPS) is 11.8. The Balaban J connectivity index is 3.78. The summed E-state index contributed by atoms with van der Waals surface area (Å²) in [5.74, 6) is 0. The van der Waals surface area contributed by atoms with Gasteiger partial charge in [-0.25, -0.2) is 27.3 Å². The maximum Gasteiger partial charge on any atom is 0.302 e. The molecule has 0 radical (unpaired) electrons. The largest absolute Gasteiger partial charge is 0.302 e. The number of hydrogen-bond donors (Lipinski definition) is 1. The lowest BCUT2D eigenvalue weighted by atomic mass is 10.2. The van der Waals surface area contributed by atoms with Crippen LogP contribution in [0.4, 0.5) is 14.5 Å². The molecule has 1 aromatic rings. The number of hydrogen-bond acceptors (Lipinski definition) is 5. The molecule has 7 nitrogen and oxygen atoms in total. The Kier molecular flexibility index (Phi) is 3.59. The maximum absolute atomic E-state index is 12.6. The standard InChI is InChI=1S/C6H4ClF2N3O4S/c7-5-3(6(8)9)4(12(13)14)2(1-11-5)17(10,15)16/h1,6H,(H2,10,15,16). The molecule has 0 saturated heterocycles. The summed E-state index contributed by atoms with van der Waals surface area (Å²) in [4.78, 5) is 11.3. The van der Waals surface area contributed by atoms with E-state index in [1.54, 1.807) is 0 Å². The Morgan fingerprint density at radius 3 is 2.41 bits per heavy atom. The zero-order valence-corrected chi connectivity index (χ0v) is 9.37. The summed E-state index contributed by atoms with van der Waals surface area (Å²) < 4.78 is 47.1. The van der Waals surface area contributed by atoms with Gasteiger partial charge in [0.1, 0.15) is 10.7 Å². The molecule has 0 aliphatic rings. The van der Waals surface area contributed by atoms with Crippen molar-refractivity contribution in [1.82, 2.24) is 4.98 Å². The van der Waals surface area contributed by atoms with Gasteiger partial charge in [0.2, 0.25) is 10.0 Å². The Morgan fingerprint density at radius 2 is 2.06 bits per heavy atom. The lowest BCUT2D eigenvalue weighted by Crippen LogP contribution is -2.16. The molecule has 94 valence electrons. The number of nitrogens with two attached hydrogens (primary N) is 1. The van der Waals surface area contributed by atoms with Crippen molar-refractivity contribution in [2.24, 2.45) is 5.14 Å². The molecule has 1 aromatic heterocycles. The van der Waals surface area contributed by atoms with Gasteiger partial charge in [0.15, 0.2) is 4.90 Å². The predicted octanol–water partition coefficient (Wildman–Crippen LogP) is 1.23. The van der Waals surface area contributed by atoms with Crippen molar-refractivity contribution in [2.45, 2.75) is 11.3 Å². The highest BCUT2D eigenvalue weighted by Gasteiger charge is 2.34. The number of alkyl halides is 2. The van der Waals surface area contributed by atoms with E-state index in [1.807, 2.05) is 0 Å². The van der Waals surface area contributed by atoms with Gasteiger partial charge in [-0.3, -0.25) is 10.1 Å². The van der Waals surface area contributed by atoms with Crippen LogP contribution < -0.4 is 5.14 Å². The van der Waals surface area contributed by atoms with Crippen molar-refractivity contribution in [2.75, 3.05) is 0 Å². The number of rotatable bonds is 3. The third kappa shape index (κ3) is 2.65. The topological polar surface area (TPSA) is 116 Å². The fourth-order valence-electron chi connectivity index (χ4n) is 1.07. The van der Waals surface area contributed by atoms with E-state index in [4.69, 9.17) is 11.6 Å². The van der Waals surface area contributed by atoms with Gasteiger partial charge in [-0.1, -0.05) is 11.6 Å². The summed E-state index contributed by atoms with van der Waals surface area (Å²) in [5.41, 5.74) is -2.63. The highest BCUT2D eigenvalue weighted by Crippen LogP contribution is 2.37. The number of nitrogens with zero attached hydrogens (tertiary/aromatic N) is 2. The number of nitro groups is 1. The molecule has 1 rings (SSSR count). The molecule has 0 aliphatic heterocycles. The molecular formula is C6H4ClF2N3O4S. The van der Waals surface area contributed by atoms with Crippen LogP contribution in [-0.2, 0) is 10.0 Å². The van der Waals surface area contributed by atoms with Gasteiger partial charge in [0.05, 0.1) is 11.1 Å². The second-order valence-corrected chi connectivity index (χ2v) is 4.67. The van der Waals surface area contributed by atoms with Gasteiger partial charge in [-0.2, -0.15) is 0 Å². The van der Waals surface area contributed by atoms with E-state index in [2.05, 4.69) is 10.1 Å². The van der Waals surface area contributed by atoms with Gasteiger partial charge < -0.3 is 0 Å². The van der Waals surface area contributed by atoms with Gasteiger partial charge in [0.25, 0.3) is 6.43 Å². The van der Waals surface area contributed by atoms with Crippen molar-refractivity contribution in [3.05, 3.63) is 27.0 Å². The van der Waals surface area contributed by atoms with Crippen LogP contribution in [0.2, 0.25) is 5.15 Å². The molecular weight excluding hydrogens is 284 g/mol. The van der Waals surface area contributed by atoms with Gasteiger partial charge in [-0.15, -0.1) is 0 Å². The minimum atomic E-state index is -4.55. The molecule has 2 N–H and O–H groups in total. The molecule has 0 spiro atoms. The molecule has 0 fully saturated rings. The quantitative estimate of drug-likeness (QED) is 0.510. The van der Waals surface area contributed by atoms with Crippen LogP contribution in [-0.4, -0.2) is 18.3 Å². The first-order valence-electron chi connectivity index (χ1n) is 3.80. The second-order valence-electron chi connectivity index (χ2n) is 2.78. The van der Waals surface area contributed by atoms with E-state index in [0.29, 0.717) is 6.20 Å². The van der Waals surface area contributed by atoms with E-state index in [9.17, 15) is 27.3 Å². The van der Waals surface area contributed by atoms with Crippen LogP contribution in [0, 0.1) is 10.1 Å². The molecule has 0 saturated carbocycles. The van der Waals surface area contributed by atoms with Crippen LogP contribution in [0.1, 0.15) is 12.0 Å². The Labute approximate surface area is 98.4 Å². The second kappa shape index (κ2) is 4.47. The number of halogens is 3. The molecule has 0 atom stereocenters. The van der Waals surface area contributed by atoms with Gasteiger partial charge in [0, 0.05) is 0 Å². The lowest BCUT2D eigenvalue weighted by molar-refractivity contribution is -0.389. The van der Waals surface area contributed by atoms with Crippen LogP contribution in [0.25, 0.3) is 0 Å². The van der Waals surface area contributed by atoms with Crippen LogP contribution in [0.15, 0.2) is 11.1 Å². The van der Waals surface area contributed by atoms with E-state index >= 15 is 0 Å². The molecule has 0 unspecified atom stereocenters. The van der Waals surface area contributed by atoms with Crippen molar-refractivity contribution in [3.63, 3.8) is 0 Å². The summed E-state index contributed by atoms with van der Waals surface area (Å²) >= 11 is 5.26. The van der Waals surface area contributed by atoms with Crippen molar-refractivity contribution in [1.29, 1.82) is 0 Å². The molecule has 11 heteroatoms. The first-order chi connectivity index (χ1) is 7.66. The predicted molar refractivity (Wildman–Crippen MR) is 52.2 cm³/mol. The first-order valence-corrected chi connectivity index (χ1v) is 5.72. The Morgan fingerprint density at radius 1 is 1.53 bits per heavy atom. The van der Waals surface area contributed by atoms with Crippen molar-refractivity contribution >= 4 is 27.3 Å². The number of aromatic nitrogens is 1. The highest BCUT2D eigenvalue weighted by molar-refractivity contribution is 7.89. The summed E-state index contributed by atoms with van der Waals surface area (Å²) in [6.45, 7) is 0. The first kappa shape index (κ1) is 13.7. The van der Waals surface area contributed by atoms with Gasteiger partial charge >= 0.3 is 5.69 Å². The molecule has 0 amide bonds. The van der Waals surface area contributed by atoms with Crippen molar-refractivity contribution < 1.29 is 22.1 Å². The smallest absolute Gasteiger partial charge is 0.258 e. The minimum absolute atomic E-state index is 0.460. The fourth-order valence-corrected chi connectivity index (χ4v) is 1.94. The van der Waals surface area contributed by atoms with E-state index in [1.165, 1.54) is 0 Å². The zero-order chi connectivity index (χ0) is 13.4. The van der Waals surface area contributed by atoms with Crippen LogP contribution >= 0.6 is 11.6 Å². The SMILES string of the molecule is NS(=O)(=O)c1cnc(Cl)c(C(F)F)c1[N+](=O)[O-]. The van der Waals surface area contributed by atoms with Crippen LogP contribution in [0.5, 0.6) is 0 Å². The average Bonchev–Trinajstić information content (AvgIpc) is 2.14. The highest BCUT2D eigenvalue weighted by atomic mass is 35.5. The number of pyridine rings is 1. The summed E-state index contributed by atoms with van der Waals surface area (Å²) in [5, 5.41) is 14.4. The van der Waals surface area contributed by atoms with E-state index in [-0.39, 0.29) is 0 Å². The zero-order valence-electron chi connectivity index (χ0n) is 7.80. The van der Waals surface area contributed by atoms with Gasteiger partial charge in [-0.05, 0) is 0 Å². The summed E-state index contributed by atoms with van der Waals surface area (Å²) in [6, 6.07) is 0. The Hall–Kier alpha value is -1.39. The Bertz CT molecular complexity index is 577. The molecule has 0 aliphatic carbocycles. The average molecular weight is 288 g/mol. The summed E-state index contributed by atoms with van der Waals surface area (Å²) in [7, 11) is -4.55. The van der Waals surface area contributed by atoms with E-state index in [0.717, 1.165) is 0 Å². The van der Waals surface area contributed by atoms with Crippen molar-refractivity contribution in [3.8, 4) is 0 Å². The summed E-state index contributed by atoms with van der Waals surface area (Å²) in [6.07, 6.45) is -2.89. The third-order valence-electron chi connectivity index (χ3n) is 1.71. The minimum Gasteiger partial charge on any atom is -0.258 e. The number of sulfonamides is 1. The number of primary sulfonamides is 1. The molecule has 0 aromatic carbocycles. The monoisotopic (exact) mass is 287 g/mol. The molecule has 0 bridgehead atoms. The third-order valence-corrected chi connectivity index (χ3v) is 2.93. The molecule has 17 heavy (non-hydrogen) atoms. The van der Waals surface area contributed by atoms with E-state index < -0.39 is 42.7 Å². The van der Waals surface area contributed by atoms with Crippen LogP contribution in [0.3, 0.4) is 0 Å². The molecule has 1 heterocycles. The fraction of sp³-hybridized carbons (Fsp3) is 0.167. The lowest BCUT2D eigenvalue weighted by Gasteiger charge is -2.06. The maximum atomic E-state index is 12.6.